The highest BCUT2D eigenvalue weighted by molar-refractivity contribution is 4.94. The van der Waals surface area contributed by atoms with Gasteiger partial charge in [0.2, 0.25) is 0 Å². The van der Waals surface area contributed by atoms with Gasteiger partial charge in [0.15, 0.2) is 0 Å². The van der Waals surface area contributed by atoms with Crippen molar-refractivity contribution in [3.8, 4) is 0 Å². The number of fused-ring (bicyclic) bond motifs is 1. The van der Waals surface area contributed by atoms with E-state index >= 15 is 0 Å². The van der Waals surface area contributed by atoms with Gasteiger partial charge in [-0.05, 0) is 42.9 Å². The molecule has 76 valence electrons. The quantitative estimate of drug-likeness (QED) is 0.610. The van der Waals surface area contributed by atoms with Gasteiger partial charge in [0.05, 0.1) is 6.10 Å². The molecule has 13 heavy (non-hydrogen) atoms. The molecule has 0 aromatic heterocycles. The molecule has 0 saturated heterocycles. The van der Waals surface area contributed by atoms with E-state index in [0.717, 1.165) is 24.7 Å². The zero-order chi connectivity index (χ0) is 9.47. The van der Waals surface area contributed by atoms with E-state index in [9.17, 15) is 5.11 Å². The fourth-order valence-corrected chi connectivity index (χ4v) is 3.64. The van der Waals surface area contributed by atoms with Gasteiger partial charge in [-0.25, -0.2) is 0 Å². The lowest BCUT2D eigenvalue weighted by molar-refractivity contribution is -0.0341. The minimum Gasteiger partial charge on any atom is -0.393 e. The molecule has 2 unspecified atom stereocenters. The van der Waals surface area contributed by atoms with Gasteiger partial charge < -0.3 is 5.11 Å². The van der Waals surface area contributed by atoms with Crippen LogP contribution in [0.15, 0.2) is 0 Å². The molecule has 4 atom stereocenters. The summed E-state index contributed by atoms with van der Waals surface area (Å²) in [6, 6.07) is 0. The van der Waals surface area contributed by atoms with E-state index in [1.807, 2.05) is 0 Å². The van der Waals surface area contributed by atoms with Gasteiger partial charge in [0.25, 0.3) is 0 Å². The molecule has 1 heteroatoms. The molecule has 0 bridgehead atoms. The molecule has 0 amide bonds. The number of aliphatic hydroxyl groups is 1. The fraction of sp³-hybridized carbons (Fsp3) is 1.00. The normalized spacial score (nSPS) is 51.5. The highest BCUT2D eigenvalue weighted by Crippen LogP contribution is 2.52. The molecule has 2 fully saturated rings. The van der Waals surface area contributed by atoms with Crippen LogP contribution in [-0.4, -0.2) is 11.2 Å². The molecular formula is C12H22O. The summed E-state index contributed by atoms with van der Waals surface area (Å²) >= 11 is 0. The summed E-state index contributed by atoms with van der Waals surface area (Å²) in [5, 5.41) is 9.68. The summed E-state index contributed by atoms with van der Waals surface area (Å²) in [5.41, 5.74) is 0.566. The first-order chi connectivity index (χ1) is 6.12. The van der Waals surface area contributed by atoms with Crippen LogP contribution < -0.4 is 0 Å². The predicted molar refractivity (Wildman–Crippen MR) is 54.5 cm³/mol. The summed E-state index contributed by atoms with van der Waals surface area (Å²) in [7, 11) is 0. The molecule has 2 aliphatic carbocycles. The van der Waals surface area contributed by atoms with Crippen LogP contribution in [0.3, 0.4) is 0 Å². The molecule has 0 heterocycles. The Morgan fingerprint density at radius 3 is 2.77 bits per heavy atom. The Morgan fingerprint density at radius 1 is 1.23 bits per heavy atom. The molecule has 0 spiro atoms. The van der Waals surface area contributed by atoms with Crippen molar-refractivity contribution in [1.29, 1.82) is 0 Å². The van der Waals surface area contributed by atoms with Gasteiger partial charge in [-0.2, -0.15) is 0 Å². The van der Waals surface area contributed by atoms with Gasteiger partial charge in [-0.3, -0.25) is 0 Å². The van der Waals surface area contributed by atoms with Gasteiger partial charge in [0, 0.05) is 0 Å². The van der Waals surface area contributed by atoms with Crippen LogP contribution in [0.4, 0.5) is 0 Å². The van der Waals surface area contributed by atoms with Crippen LogP contribution in [0, 0.1) is 17.3 Å². The van der Waals surface area contributed by atoms with Crippen LogP contribution in [0.25, 0.3) is 0 Å². The van der Waals surface area contributed by atoms with E-state index < -0.39 is 0 Å². The molecule has 2 rings (SSSR count). The lowest BCUT2D eigenvalue weighted by Crippen LogP contribution is -2.42. The van der Waals surface area contributed by atoms with E-state index in [4.69, 9.17) is 0 Å². The van der Waals surface area contributed by atoms with Gasteiger partial charge >= 0.3 is 0 Å². The molecule has 1 N–H and O–H groups in total. The molecule has 1 nitrogen and oxygen atoms in total. The van der Waals surface area contributed by atoms with E-state index in [1.165, 1.54) is 25.7 Å². The third-order valence-corrected chi connectivity index (χ3v) is 4.56. The zero-order valence-electron chi connectivity index (χ0n) is 8.92. The fourth-order valence-electron chi connectivity index (χ4n) is 3.64. The molecule has 2 saturated carbocycles. The van der Waals surface area contributed by atoms with Crippen molar-refractivity contribution in [1.82, 2.24) is 0 Å². The van der Waals surface area contributed by atoms with Crippen molar-refractivity contribution in [3.05, 3.63) is 0 Å². The molecule has 0 radical (unpaired) electrons. The zero-order valence-corrected chi connectivity index (χ0v) is 8.92. The lowest BCUT2D eigenvalue weighted by atomic mass is 9.56. The second-order valence-corrected chi connectivity index (χ2v) is 5.56. The smallest absolute Gasteiger partial charge is 0.0543 e. The predicted octanol–water partition coefficient (Wildman–Crippen LogP) is 2.97. The first-order valence-electron chi connectivity index (χ1n) is 5.80. The largest absolute Gasteiger partial charge is 0.393 e. The van der Waals surface area contributed by atoms with Crippen LogP contribution in [-0.2, 0) is 0 Å². The average molecular weight is 182 g/mol. The number of hydrogen-bond acceptors (Lipinski definition) is 1. The van der Waals surface area contributed by atoms with Gasteiger partial charge in [-0.1, -0.05) is 26.7 Å². The number of hydrogen-bond donors (Lipinski definition) is 1. The van der Waals surface area contributed by atoms with Crippen molar-refractivity contribution in [2.45, 2.75) is 58.5 Å². The van der Waals surface area contributed by atoms with Crippen molar-refractivity contribution in [2.24, 2.45) is 17.3 Å². The Bertz CT molecular complexity index is 190. The third kappa shape index (κ3) is 1.63. The van der Waals surface area contributed by atoms with E-state index in [2.05, 4.69) is 13.8 Å². The van der Waals surface area contributed by atoms with Crippen LogP contribution in [0.5, 0.6) is 0 Å². The molecule has 2 aliphatic rings. The van der Waals surface area contributed by atoms with Crippen molar-refractivity contribution >= 4 is 0 Å². The molecular weight excluding hydrogens is 160 g/mol. The van der Waals surface area contributed by atoms with Crippen LogP contribution >= 0.6 is 0 Å². The minimum absolute atomic E-state index is 0.00127. The summed E-state index contributed by atoms with van der Waals surface area (Å²) < 4.78 is 0. The average Bonchev–Trinajstić information content (AvgIpc) is 2.08. The minimum atomic E-state index is -0.00127. The molecule has 0 aromatic carbocycles. The Kier molecular flexibility index (Phi) is 2.39. The van der Waals surface area contributed by atoms with Crippen LogP contribution in [0.1, 0.15) is 52.4 Å². The first-order valence-corrected chi connectivity index (χ1v) is 5.80. The Hall–Kier alpha value is -0.0400. The van der Waals surface area contributed by atoms with Crippen LogP contribution in [0.2, 0.25) is 0 Å². The van der Waals surface area contributed by atoms with E-state index in [0.29, 0.717) is 5.41 Å². The second kappa shape index (κ2) is 3.27. The van der Waals surface area contributed by atoms with Crippen molar-refractivity contribution in [2.75, 3.05) is 0 Å². The topological polar surface area (TPSA) is 20.2 Å². The molecule has 0 aliphatic heterocycles. The molecule has 0 aromatic rings. The van der Waals surface area contributed by atoms with Gasteiger partial charge in [0.1, 0.15) is 0 Å². The second-order valence-electron chi connectivity index (χ2n) is 5.56. The van der Waals surface area contributed by atoms with E-state index in [-0.39, 0.29) is 6.10 Å². The highest BCUT2D eigenvalue weighted by Gasteiger charge is 2.43. The third-order valence-electron chi connectivity index (χ3n) is 4.56. The first kappa shape index (κ1) is 9.51. The monoisotopic (exact) mass is 182 g/mol. The van der Waals surface area contributed by atoms with Crippen molar-refractivity contribution in [3.63, 3.8) is 0 Å². The summed E-state index contributed by atoms with van der Waals surface area (Å²) in [5.74, 6) is 1.64. The van der Waals surface area contributed by atoms with Gasteiger partial charge in [-0.15, -0.1) is 0 Å². The Balaban J connectivity index is 2.13. The standard InChI is InChI=1S/C12H22O/c1-9-4-3-6-12(2)7-5-10(13)8-11(9)12/h9-11,13H,3-8H2,1-2H3/t9?,10?,11-,12+/m1/s1. The summed E-state index contributed by atoms with van der Waals surface area (Å²) in [4.78, 5) is 0. The highest BCUT2D eigenvalue weighted by atomic mass is 16.3. The Labute approximate surface area is 81.5 Å². The summed E-state index contributed by atoms with van der Waals surface area (Å²) in [6.45, 7) is 4.82. The number of rotatable bonds is 0. The number of aliphatic hydroxyl groups excluding tert-OH is 1. The maximum absolute atomic E-state index is 9.68. The Morgan fingerprint density at radius 2 is 2.00 bits per heavy atom. The van der Waals surface area contributed by atoms with E-state index in [1.54, 1.807) is 0 Å². The maximum atomic E-state index is 9.68. The lowest BCUT2D eigenvalue weighted by Gasteiger charge is -2.49. The SMILES string of the molecule is CC1CCC[C@@]2(C)CCC(O)C[C@H]12. The van der Waals surface area contributed by atoms with Crippen molar-refractivity contribution < 1.29 is 5.11 Å². The summed E-state index contributed by atoms with van der Waals surface area (Å²) in [6.07, 6.45) is 7.55. The maximum Gasteiger partial charge on any atom is 0.0543 e.